The van der Waals surface area contributed by atoms with Gasteiger partial charge in [0.2, 0.25) is 5.91 Å². The number of nitrogen functional groups attached to an aromatic ring is 1. The fourth-order valence-electron chi connectivity index (χ4n) is 4.28. The van der Waals surface area contributed by atoms with E-state index < -0.39 is 17.6 Å². The lowest BCUT2D eigenvalue weighted by Crippen LogP contribution is -2.46. The summed E-state index contributed by atoms with van der Waals surface area (Å²) < 4.78 is 41.8. The molecule has 0 atom stereocenters. The van der Waals surface area contributed by atoms with Crippen LogP contribution in [0.2, 0.25) is 0 Å². The largest absolute Gasteiger partial charge is 0.416 e. The van der Waals surface area contributed by atoms with Gasteiger partial charge in [-0.3, -0.25) is 19.3 Å². The van der Waals surface area contributed by atoms with E-state index in [1.807, 2.05) is 0 Å². The van der Waals surface area contributed by atoms with Gasteiger partial charge in [-0.15, -0.1) is 0 Å². The predicted molar refractivity (Wildman–Crippen MR) is 137 cm³/mol. The highest BCUT2D eigenvalue weighted by atomic mass is 19.4. The second-order valence-electron chi connectivity index (χ2n) is 9.00. The summed E-state index contributed by atoms with van der Waals surface area (Å²) in [4.78, 5) is 30.4. The molecule has 0 aliphatic heterocycles. The zero-order chi connectivity index (χ0) is 28.1. The molecule has 0 radical (unpaired) electrons. The fraction of sp³-hybridized carbons (Fsp3) is 0.192. The van der Waals surface area contributed by atoms with E-state index in [4.69, 9.17) is 5.73 Å². The average molecular weight is 537 g/mol. The molecule has 2 N–H and O–H groups in total. The van der Waals surface area contributed by atoms with Crippen LogP contribution in [0.3, 0.4) is 0 Å². The summed E-state index contributed by atoms with van der Waals surface area (Å²) in [5.74, 6) is -0.501. The number of nitrogens with zero attached hydrogens (tertiary/aromatic N) is 7. The second-order valence-corrected chi connectivity index (χ2v) is 9.00. The minimum absolute atomic E-state index is 0.0192. The van der Waals surface area contributed by atoms with Gasteiger partial charge in [-0.25, -0.2) is 14.7 Å². The zero-order valence-corrected chi connectivity index (χ0v) is 21.1. The van der Waals surface area contributed by atoms with Crippen LogP contribution < -0.4 is 5.73 Å². The van der Waals surface area contributed by atoms with Crippen LogP contribution in [0.4, 0.5) is 19.0 Å². The molecular formula is C26H23F3N8O2. The molecule has 3 heterocycles. The van der Waals surface area contributed by atoms with Crippen molar-refractivity contribution in [2.75, 3.05) is 12.8 Å². The number of hydrogen-bond acceptors (Lipinski definition) is 6. The number of halogens is 3. The highest BCUT2D eigenvalue weighted by molar-refractivity contribution is 6.10. The minimum Gasteiger partial charge on any atom is -0.383 e. The number of benzene rings is 2. The number of pyridine rings is 1. The fourth-order valence-corrected chi connectivity index (χ4v) is 4.28. The van der Waals surface area contributed by atoms with Crippen LogP contribution in [0.5, 0.6) is 0 Å². The number of fused-ring (bicyclic) bond motifs is 3. The Kier molecular flexibility index (Phi) is 6.21. The standard InChI is InChI=1S/C26H23F3N8O2/c1-15(38)35(3)37(14-16-11-32-36(13-16)19-7-5-18(6-8-19)26(27,28)29)25(39)17-4-9-22-20(10-17)23-21(24(30)33-22)12-31-34(23)2/h4-13H,14H2,1-3H3,(H2,30,33). The first-order valence-electron chi connectivity index (χ1n) is 11.7. The lowest BCUT2D eigenvalue weighted by molar-refractivity contribution is -0.140. The van der Waals surface area contributed by atoms with Crippen LogP contribution in [-0.2, 0) is 24.6 Å². The van der Waals surface area contributed by atoms with Crippen LogP contribution in [0.1, 0.15) is 28.4 Å². The van der Waals surface area contributed by atoms with E-state index in [0.29, 0.717) is 38.9 Å². The van der Waals surface area contributed by atoms with Crippen LogP contribution in [0.15, 0.2) is 61.1 Å². The molecule has 0 saturated carbocycles. The van der Waals surface area contributed by atoms with Gasteiger partial charge in [0, 0.05) is 43.7 Å². The van der Waals surface area contributed by atoms with Crippen LogP contribution >= 0.6 is 0 Å². The molecule has 0 fully saturated rings. The number of aromatic nitrogens is 5. The Morgan fingerprint density at radius 1 is 1.03 bits per heavy atom. The summed E-state index contributed by atoms with van der Waals surface area (Å²) in [5, 5.41) is 12.3. The van der Waals surface area contributed by atoms with Crippen molar-refractivity contribution in [3.8, 4) is 5.69 Å². The maximum absolute atomic E-state index is 13.7. The van der Waals surface area contributed by atoms with Crippen LogP contribution in [-0.4, -0.2) is 53.4 Å². The van der Waals surface area contributed by atoms with Crippen molar-refractivity contribution in [2.45, 2.75) is 19.6 Å². The van der Waals surface area contributed by atoms with Crippen molar-refractivity contribution < 1.29 is 22.8 Å². The molecule has 5 aromatic rings. The lowest BCUT2D eigenvalue weighted by atomic mass is 10.1. The molecule has 10 nitrogen and oxygen atoms in total. The van der Waals surface area contributed by atoms with Gasteiger partial charge >= 0.3 is 6.18 Å². The molecule has 13 heteroatoms. The molecule has 2 amide bonds. The summed E-state index contributed by atoms with van der Waals surface area (Å²) in [6, 6.07) is 9.51. The van der Waals surface area contributed by atoms with Gasteiger partial charge in [-0.2, -0.15) is 23.4 Å². The monoisotopic (exact) mass is 536 g/mol. The van der Waals surface area contributed by atoms with E-state index in [1.165, 1.54) is 47.0 Å². The number of carbonyl (C=O) groups is 2. The van der Waals surface area contributed by atoms with Gasteiger partial charge < -0.3 is 5.73 Å². The molecule has 5 rings (SSSR count). The van der Waals surface area contributed by atoms with E-state index in [2.05, 4.69) is 15.2 Å². The Morgan fingerprint density at radius 3 is 2.41 bits per heavy atom. The van der Waals surface area contributed by atoms with E-state index in [9.17, 15) is 22.8 Å². The second kappa shape index (κ2) is 9.42. The quantitative estimate of drug-likeness (QED) is 0.348. The number of hydrazine groups is 1. The number of amides is 2. The van der Waals surface area contributed by atoms with Gasteiger partial charge in [-0.1, -0.05) is 0 Å². The first-order chi connectivity index (χ1) is 18.4. The summed E-state index contributed by atoms with van der Waals surface area (Å²) in [5.41, 5.74) is 7.88. The SMILES string of the molecule is CC(=O)N(C)N(Cc1cnn(-c2ccc(C(F)(F)F)cc2)c1)C(=O)c1ccc2nc(N)c3cnn(C)c3c2c1. The van der Waals surface area contributed by atoms with Crippen molar-refractivity contribution >= 4 is 39.4 Å². The van der Waals surface area contributed by atoms with E-state index in [-0.39, 0.29) is 12.5 Å². The summed E-state index contributed by atoms with van der Waals surface area (Å²) in [6.07, 6.45) is 0.233. The van der Waals surface area contributed by atoms with Crippen molar-refractivity contribution in [3.05, 3.63) is 77.7 Å². The molecule has 0 aliphatic carbocycles. The lowest BCUT2D eigenvalue weighted by Gasteiger charge is -2.31. The number of anilines is 1. The topological polar surface area (TPSA) is 115 Å². The number of carbonyl (C=O) groups excluding carboxylic acids is 2. The molecule has 3 aromatic heterocycles. The Labute approximate surface area is 220 Å². The Balaban J connectivity index is 1.47. The Bertz CT molecular complexity index is 1720. The van der Waals surface area contributed by atoms with Crippen molar-refractivity contribution in [1.82, 2.24) is 34.6 Å². The number of nitrogens with two attached hydrogens (primary N) is 1. The normalized spacial score (nSPS) is 11.7. The minimum atomic E-state index is -4.44. The number of aryl methyl sites for hydroxylation is 1. The first-order valence-corrected chi connectivity index (χ1v) is 11.7. The maximum atomic E-state index is 13.7. The molecule has 39 heavy (non-hydrogen) atoms. The third-order valence-corrected chi connectivity index (χ3v) is 6.43. The highest BCUT2D eigenvalue weighted by Crippen LogP contribution is 2.30. The van der Waals surface area contributed by atoms with Crippen molar-refractivity contribution in [3.63, 3.8) is 0 Å². The molecule has 2 aromatic carbocycles. The van der Waals surface area contributed by atoms with Crippen molar-refractivity contribution in [2.24, 2.45) is 7.05 Å². The summed E-state index contributed by atoms with van der Waals surface area (Å²) in [6.45, 7) is 1.31. The smallest absolute Gasteiger partial charge is 0.383 e. The third-order valence-electron chi connectivity index (χ3n) is 6.43. The van der Waals surface area contributed by atoms with Gasteiger partial charge in [0.25, 0.3) is 5.91 Å². The van der Waals surface area contributed by atoms with E-state index >= 15 is 0 Å². The van der Waals surface area contributed by atoms with Crippen LogP contribution in [0.25, 0.3) is 27.5 Å². The van der Waals surface area contributed by atoms with Gasteiger partial charge in [-0.05, 0) is 42.5 Å². The van der Waals surface area contributed by atoms with Crippen LogP contribution in [0, 0.1) is 0 Å². The van der Waals surface area contributed by atoms with Gasteiger partial charge in [0.15, 0.2) is 0 Å². The number of hydrogen-bond donors (Lipinski definition) is 1. The summed E-state index contributed by atoms with van der Waals surface area (Å²) >= 11 is 0. The first kappa shape index (κ1) is 25.7. The average Bonchev–Trinajstić information content (AvgIpc) is 3.53. The predicted octanol–water partition coefficient (Wildman–Crippen LogP) is 3.94. The van der Waals surface area contributed by atoms with Gasteiger partial charge in [0.1, 0.15) is 5.82 Å². The molecular weight excluding hydrogens is 513 g/mol. The molecule has 0 aliphatic rings. The van der Waals surface area contributed by atoms with Crippen molar-refractivity contribution in [1.29, 1.82) is 0 Å². The van der Waals surface area contributed by atoms with E-state index in [0.717, 1.165) is 17.6 Å². The number of alkyl halides is 3. The molecule has 0 spiro atoms. The number of rotatable bonds is 4. The summed E-state index contributed by atoms with van der Waals surface area (Å²) in [7, 11) is 3.24. The Morgan fingerprint density at radius 2 is 1.74 bits per heavy atom. The molecule has 200 valence electrons. The zero-order valence-electron chi connectivity index (χ0n) is 21.1. The molecule has 0 saturated heterocycles. The highest BCUT2D eigenvalue weighted by Gasteiger charge is 2.30. The van der Waals surface area contributed by atoms with E-state index in [1.54, 1.807) is 42.3 Å². The molecule has 0 bridgehead atoms. The molecule has 0 unspecified atom stereocenters. The third kappa shape index (κ3) is 4.74. The maximum Gasteiger partial charge on any atom is 0.416 e. The Hall–Kier alpha value is -4.94. The van der Waals surface area contributed by atoms with Gasteiger partial charge in [0.05, 0.1) is 46.6 Å².